The first-order valence-electron chi connectivity index (χ1n) is 6.59. The molecular formula is C15H19N3O2. The first-order chi connectivity index (χ1) is 9.63. The van der Waals surface area contributed by atoms with E-state index in [1.807, 2.05) is 49.0 Å². The molecule has 1 aromatic heterocycles. The monoisotopic (exact) mass is 273 g/mol. The van der Waals surface area contributed by atoms with Crippen molar-refractivity contribution >= 4 is 6.09 Å². The summed E-state index contributed by atoms with van der Waals surface area (Å²) >= 11 is 0. The average Bonchev–Trinajstić information content (AvgIpc) is 2.83. The van der Waals surface area contributed by atoms with E-state index in [4.69, 9.17) is 4.74 Å². The quantitative estimate of drug-likeness (QED) is 0.931. The van der Waals surface area contributed by atoms with Crippen molar-refractivity contribution < 1.29 is 9.53 Å². The van der Waals surface area contributed by atoms with Crippen molar-refractivity contribution in [1.82, 2.24) is 14.9 Å². The zero-order chi connectivity index (χ0) is 14.5. The Morgan fingerprint density at radius 2 is 2.20 bits per heavy atom. The predicted molar refractivity (Wildman–Crippen MR) is 76.4 cm³/mol. The summed E-state index contributed by atoms with van der Waals surface area (Å²) in [6.07, 6.45) is 3.13. The number of carbonyl (C=O) groups is 1. The first-order valence-corrected chi connectivity index (χ1v) is 6.59. The number of rotatable bonds is 4. The van der Waals surface area contributed by atoms with Gasteiger partial charge in [0.2, 0.25) is 0 Å². The van der Waals surface area contributed by atoms with Gasteiger partial charge in [0.05, 0.1) is 6.61 Å². The number of hydrogen-bond acceptors (Lipinski definition) is 3. The fraction of sp³-hybridized carbons (Fsp3) is 0.333. The lowest BCUT2D eigenvalue weighted by Gasteiger charge is -2.20. The van der Waals surface area contributed by atoms with E-state index in [1.165, 1.54) is 0 Å². The molecule has 0 aliphatic rings. The summed E-state index contributed by atoms with van der Waals surface area (Å²) in [5, 5.41) is 2.87. The lowest BCUT2D eigenvalue weighted by Crippen LogP contribution is -2.32. The molecule has 1 atom stereocenters. The van der Waals surface area contributed by atoms with Gasteiger partial charge in [-0.05, 0) is 25.0 Å². The smallest absolute Gasteiger partial charge is 0.407 e. The number of imidazole rings is 1. The average molecular weight is 273 g/mol. The molecule has 1 amide bonds. The van der Waals surface area contributed by atoms with Crippen LogP contribution in [0.3, 0.4) is 0 Å². The molecule has 0 radical (unpaired) electrons. The maximum Gasteiger partial charge on any atom is 0.407 e. The van der Waals surface area contributed by atoms with Crippen LogP contribution in [0.5, 0.6) is 0 Å². The minimum atomic E-state index is -0.441. The lowest BCUT2D eigenvalue weighted by molar-refractivity contribution is 0.149. The molecule has 0 fully saturated rings. The molecule has 1 heterocycles. The number of aryl methyl sites for hydroxylation is 2. The summed E-state index contributed by atoms with van der Waals surface area (Å²) in [6, 6.07) is 7.60. The van der Waals surface area contributed by atoms with Gasteiger partial charge in [-0.1, -0.05) is 24.3 Å². The van der Waals surface area contributed by atoms with Gasteiger partial charge in [0.15, 0.2) is 0 Å². The van der Waals surface area contributed by atoms with Gasteiger partial charge in [-0.25, -0.2) is 9.78 Å². The third-order valence-electron chi connectivity index (χ3n) is 3.15. The fourth-order valence-corrected chi connectivity index (χ4v) is 2.14. The summed E-state index contributed by atoms with van der Waals surface area (Å²) < 4.78 is 6.88. The topological polar surface area (TPSA) is 56.1 Å². The molecule has 5 nitrogen and oxygen atoms in total. The number of ether oxygens (including phenoxy) is 1. The van der Waals surface area contributed by atoms with Crippen LogP contribution in [0.1, 0.15) is 29.9 Å². The van der Waals surface area contributed by atoms with Crippen LogP contribution in [-0.2, 0) is 11.8 Å². The second-order valence-electron chi connectivity index (χ2n) is 4.55. The Labute approximate surface area is 118 Å². The Morgan fingerprint density at radius 3 is 2.80 bits per heavy atom. The molecule has 0 saturated heterocycles. The van der Waals surface area contributed by atoms with Gasteiger partial charge < -0.3 is 14.6 Å². The van der Waals surface area contributed by atoms with Crippen LogP contribution in [-0.4, -0.2) is 22.3 Å². The van der Waals surface area contributed by atoms with Crippen LogP contribution in [0.4, 0.5) is 4.79 Å². The van der Waals surface area contributed by atoms with E-state index in [1.54, 1.807) is 13.1 Å². The third-order valence-corrected chi connectivity index (χ3v) is 3.15. The summed E-state index contributed by atoms with van der Waals surface area (Å²) in [4.78, 5) is 16.1. The molecule has 106 valence electrons. The van der Waals surface area contributed by atoms with Crippen molar-refractivity contribution in [1.29, 1.82) is 0 Å². The van der Waals surface area contributed by atoms with Gasteiger partial charge in [-0.15, -0.1) is 0 Å². The Hall–Kier alpha value is -2.30. The number of nitrogens with one attached hydrogen (secondary N) is 1. The van der Waals surface area contributed by atoms with Crippen molar-refractivity contribution in [2.75, 3.05) is 6.61 Å². The molecule has 0 spiro atoms. The predicted octanol–water partition coefficient (Wildman–Crippen LogP) is 2.56. The summed E-state index contributed by atoms with van der Waals surface area (Å²) in [7, 11) is 1.90. The van der Waals surface area contributed by atoms with E-state index in [-0.39, 0.29) is 6.04 Å². The number of amides is 1. The highest BCUT2D eigenvalue weighted by Gasteiger charge is 2.22. The SMILES string of the molecule is CCOC(=O)NC(c1ccccc1C)c1nccn1C. The van der Waals surface area contributed by atoms with E-state index < -0.39 is 6.09 Å². The van der Waals surface area contributed by atoms with Crippen molar-refractivity contribution in [3.05, 3.63) is 53.6 Å². The largest absolute Gasteiger partial charge is 0.450 e. The van der Waals surface area contributed by atoms with Crippen molar-refractivity contribution in [3.8, 4) is 0 Å². The minimum absolute atomic E-state index is 0.324. The van der Waals surface area contributed by atoms with Gasteiger partial charge in [-0.3, -0.25) is 0 Å². The van der Waals surface area contributed by atoms with Crippen LogP contribution in [0.15, 0.2) is 36.7 Å². The summed E-state index contributed by atoms with van der Waals surface area (Å²) in [6.45, 7) is 4.13. The molecule has 2 aromatic rings. The molecule has 0 bridgehead atoms. The highest BCUT2D eigenvalue weighted by atomic mass is 16.5. The van der Waals surface area contributed by atoms with Crippen LogP contribution in [0.2, 0.25) is 0 Å². The summed E-state index contributed by atoms with van der Waals surface area (Å²) in [5.41, 5.74) is 2.10. The second-order valence-corrected chi connectivity index (χ2v) is 4.55. The van der Waals surface area contributed by atoms with Crippen LogP contribution >= 0.6 is 0 Å². The second kappa shape index (κ2) is 6.23. The minimum Gasteiger partial charge on any atom is -0.450 e. The van der Waals surface area contributed by atoms with Gasteiger partial charge >= 0.3 is 6.09 Å². The van der Waals surface area contributed by atoms with E-state index in [0.717, 1.165) is 17.0 Å². The molecule has 0 aliphatic heterocycles. The van der Waals surface area contributed by atoms with E-state index in [9.17, 15) is 4.79 Å². The normalized spacial score (nSPS) is 11.9. The number of aromatic nitrogens is 2. The zero-order valence-electron chi connectivity index (χ0n) is 12.0. The van der Waals surface area contributed by atoms with Crippen molar-refractivity contribution in [2.24, 2.45) is 7.05 Å². The molecule has 0 saturated carbocycles. The number of nitrogens with zero attached hydrogens (tertiary/aromatic N) is 2. The highest BCUT2D eigenvalue weighted by Crippen LogP contribution is 2.23. The Kier molecular flexibility index (Phi) is 4.40. The number of carbonyl (C=O) groups excluding carboxylic acids is 1. The molecule has 20 heavy (non-hydrogen) atoms. The Morgan fingerprint density at radius 1 is 1.45 bits per heavy atom. The van der Waals surface area contributed by atoms with E-state index in [0.29, 0.717) is 6.61 Å². The van der Waals surface area contributed by atoms with Gasteiger partial charge in [0.1, 0.15) is 11.9 Å². The molecule has 2 rings (SSSR count). The molecule has 1 aromatic carbocycles. The molecule has 1 unspecified atom stereocenters. The fourth-order valence-electron chi connectivity index (χ4n) is 2.14. The zero-order valence-corrected chi connectivity index (χ0v) is 12.0. The Balaban J connectivity index is 2.37. The first kappa shape index (κ1) is 14.1. The molecule has 0 aliphatic carbocycles. The van der Waals surface area contributed by atoms with Crippen LogP contribution < -0.4 is 5.32 Å². The molecule has 1 N–H and O–H groups in total. The number of hydrogen-bond donors (Lipinski definition) is 1. The molecular weight excluding hydrogens is 254 g/mol. The maximum absolute atomic E-state index is 11.8. The standard InChI is InChI=1S/C15H19N3O2/c1-4-20-15(19)17-13(14-16-9-10-18(14)3)12-8-6-5-7-11(12)2/h5-10,13H,4H2,1-3H3,(H,17,19). The number of alkyl carbamates (subject to hydrolysis) is 1. The highest BCUT2D eigenvalue weighted by molar-refractivity contribution is 5.68. The van der Waals surface area contributed by atoms with Gasteiger partial charge in [0, 0.05) is 19.4 Å². The van der Waals surface area contributed by atoms with Crippen molar-refractivity contribution in [2.45, 2.75) is 19.9 Å². The van der Waals surface area contributed by atoms with Gasteiger partial charge in [-0.2, -0.15) is 0 Å². The molecule has 5 heteroatoms. The maximum atomic E-state index is 11.8. The third kappa shape index (κ3) is 2.99. The van der Waals surface area contributed by atoms with Crippen LogP contribution in [0.25, 0.3) is 0 Å². The van der Waals surface area contributed by atoms with E-state index in [2.05, 4.69) is 10.3 Å². The van der Waals surface area contributed by atoms with Crippen molar-refractivity contribution in [3.63, 3.8) is 0 Å². The van der Waals surface area contributed by atoms with Crippen LogP contribution in [0, 0.1) is 6.92 Å². The lowest BCUT2D eigenvalue weighted by atomic mass is 10.0. The summed E-state index contributed by atoms with van der Waals surface area (Å²) in [5.74, 6) is 0.771. The number of benzene rings is 1. The van der Waals surface area contributed by atoms with E-state index >= 15 is 0 Å². The van der Waals surface area contributed by atoms with Gasteiger partial charge in [0.25, 0.3) is 0 Å². The Bertz CT molecular complexity index is 592.